The number of thiophene rings is 1. The summed E-state index contributed by atoms with van der Waals surface area (Å²) in [5.41, 5.74) is 1.26. The van der Waals surface area contributed by atoms with E-state index in [-0.39, 0.29) is 0 Å². The fourth-order valence-electron chi connectivity index (χ4n) is 2.50. The van der Waals surface area contributed by atoms with Crippen molar-refractivity contribution in [2.75, 3.05) is 0 Å². The molecule has 2 aromatic heterocycles. The Balaban J connectivity index is 1.94. The highest BCUT2D eigenvalue weighted by Gasteiger charge is 2.26. The number of aromatic nitrogens is 2. The summed E-state index contributed by atoms with van der Waals surface area (Å²) >= 11 is 1.87. The molecule has 0 radical (unpaired) electrons. The lowest BCUT2D eigenvalue weighted by Crippen LogP contribution is -1.98. The van der Waals surface area contributed by atoms with Crippen LogP contribution in [0, 0.1) is 0 Å². The first-order valence-corrected chi connectivity index (χ1v) is 7.85. The molecule has 1 aliphatic carbocycles. The van der Waals surface area contributed by atoms with Gasteiger partial charge in [0.1, 0.15) is 11.2 Å². The minimum Gasteiger partial charge on any atom is -0.240 e. The first kappa shape index (κ1) is 12.1. The lowest BCUT2D eigenvalue weighted by Gasteiger charge is -2.10. The van der Waals surface area contributed by atoms with Gasteiger partial charge in [-0.15, -0.1) is 11.3 Å². The number of unbranched alkanes of at least 4 members (excludes halogenated alkanes) is 1. The van der Waals surface area contributed by atoms with Gasteiger partial charge in [-0.1, -0.05) is 26.7 Å². The van der Waals surface area contributed by atoms with Crippen molar-refractivity contribution in [2.24, 2.45) is 0 Å². The summed E-state index contributed by atoms with van der Waals surface area (Å²) in [4.78, 5) is 11.7. The molecular formula is C15H20N2S. The van der Waals surface area contributed by atoms with Crippen LogP contribution in [0.15, 0.2) is 12.4 Å². The van der Waals surface area contributed by atoms with Gasteiger partial charge in [0, 0.05) is 10.3 Å². The van der Waals surface area contributed by atoms with Crippen molar-refractivity contribution in [2.45, 2.75) is 57.8 Å². The largest absolute Gasteiger partial charge is 0.240 e. The van der Waals surface area contributed by atoms with Crippen molar-refractivity contribution in [3.05, 3.63) is 23.0 Å². The van der Waals surface area contributed by atoms with Gasteiger partial charge >= 0.3 is 0 Å². The Morgan fingerprint density at radius 2 is 2.22 bits per heavy atom. The summed E-state index contributed by atoms with van der Waals surface area (Å²) in [5, 5.41) is 1.31. The average Bonchev–Trinajstić information content (AvgIpc) is 3.14. The third-order valence-electron chi connectivity index (χ3n) is 3.82. The topological polar surface area (TPSA) is 25.8 Å². The molecule has 2 heterocycles. The molecule has 1 saturated carbocycles. The van der Waals surface area contributed by atoms with E-state index in [0.29, 0.717) is 5.92 Å². The third-order valence-corrected chi connectivity index (χ3v) is 5.02. The SMILES string of the molecule is CCCCC(C)c1ncnc2sc(C3CC3)cc12. The first-order valence-electron chi connectivity index (χ1n) is 7.04. The number of rotatable bonds is 5. The molecule has 0 amide bonds. The Morgan fingerprint density at radius 1 is 1.39 bits per heavy atom. The Kier molecular flexibility index (Phi) is 3.33. The van der Waals surface area contributed by atoms with Crippen molar-refractivity contribution < 1.29 is 0 Å². The lowest BCUT2D eigenvalue weighted by atomic mass is 9.98. The molecular weight excluding hydrogens is 240 g/mol. The van der Waals surface area contributed by atoms with Gasteiger partial charge in [0.2, 0.25) is 0 Å². The van der Waals surface area contributed by atoms with E-state index in [1.807, 2.05) is 11.3 Å². The molecule has 3 heteroatoms. The monoisotopic (exact) mass is 260 g/mol. The molecule has 1 unspecified atom stereocenters. The summed E-state index contributed by atoms with van der Waals surface area (Å²) in [6.07, 6.45) is 8.24. The van der Waals surface area contributed by atoms with Crippen LogP contribution in [-0.2, 0) is 0 Å². The molecule has 3 rings (SSSR count). The number of nitrogens with zero attached hydrogens (tertiary/aromatic N) is 2. The Hall–Kier alpha value is -0.960. The predicted molar refractivity (Wildman–Crippen MR) is 77.3 cm³/mol. The van der Waals surface area contributed by atoms with Crippen LogP contribution in [0.3, 0.4) is 0 Å². The van der Waals surface area contributed by atoms with E-state index in [9.17, 15) is 0 Å². The van der Waals surface area contributed by atoms with Crippen molar-refractivity contribution in [1.82, 2.24) is 9.97 Å². The Morgan fingerprint density at radius 3 is 2.94 bits per heavy atom. The van der Waals surface area contributed by atoms with Crippen LogP contribution in [0.4, 0.5) is 0 Å². The standard InChI is InChI=1S/C15H20N2S/c1-3-4-5-10(2)14-12-8-13(11-6-7-11)18-15(12)17-9-16-14/h8-11H,3-7H2,1-2H3. The lowest BCUT2D eigenvalue weighted by molar-refractivity contribution is 0.614. The molecule has 0 aliphatic heterocycles. The van der Waals surface area contributed by atoms with Crippen LogP contribution < -0.4 is 0 Å². The van der Waals surface area contributed by atoms with Gasteiger partial charge in [-0.05, 0) is 37.2 Å². The van der Waals surface area contributed by atoms with E-state index in [1.165, 1.54) is 52.9 Å². The maximum absolute atomic E-state index is 4.55. The molecule has 0 N–H and O–H groups in total. The summed E-state index contributed by atoms with van der Waals surface area (Å²) in [6.45, 7) is 4.55. The molecule has 2 aromatic rings. The fourth-order valence-corrected chi connectivity index (χ4v) is 3.68. The van der Waals surface area contributed by atoms with Crippen molar-refractivity contribution in [3.63, 3.8) is 0 Å². The number of hydrogen-bond acceptors (Lipinski definition) is 3. The predicted octanol–water partition coefficient (Wildman–Crippen LogP) is 4.86. The normalized spacial score (nSPS) is 17.2. The highest BCUT2D eigenvalue weighted by Crippen LogP contribution is 2.45. The molecule has 0 saturated heterocycles. The number of hydrogen-bond donors (Lipinski definition) is 0. The van der Waals surface area contributed by atoms with Crippen LogP contribution in [0.2, 0.25) is 0 Å². The number of fused-ring (bicyclic) bond motifs is 1. The van der Waals surface area contributed by atoms with Crippen molar-refractivity contribution >= 4 is 21.6 Å². The molecule has 96 valence electrons. The van der Waals surface area contributed by atoms with E-state index in [0.717, 1.165) is 5.92 Å². The van der Waals surface area contributed by atoms with Crippen LogP contribution in [0.25, 0.3) is 10.2 Å². The maximum Gasteiger partial charge on any atom is 0.127 e. The minimum atomic E-state index is 0.553. The molecule has 1 fully saturated rings. The zero-order valence-corrected chi connectivity index (χ0v) is 12.0. The van der Waals surface area contributed by atoms with E-state index < -0.39 is 0 Å². The van der Waals surface area contributed by atoms with Gasteiger partial charge in [-0.3, -0.25) is 0 Å². The second-order valence-electron chi connectivity index (χ2n) is 5.44. The van der Waals surface area contributed by atoms with Gasteiger partial charge in [0.15, 0.2) is 0 Å². The molecule has 0 spiro atoms. The van der Waals surface area contributed by atoms with Gasteiger partial charge in [-0.25, -0.2) is 9.97 Å². The molecule has 1 atom stereocenters. The van der Waals surface area contributed by atoms with Crippen molar-refractivity contribution in [3.8, 4) is 0 Å². The summed E-state index contributed by atoms with van der Waals surface area (Å²) < 4.78 is 0. The van der Waals surface area contributed by atoms with Crippen molar-refractivity contribution in [1.29, 1.82) is 0 Å². The summed E-state index contributed by atoms with van der Waals surface area (Å²) in [6, 6.07) is 2.36. The van der Waals surface area contributed by atoms with Crippen LogP contribution in [-0.4, -0.2) is 9.97 Å². The van der Waals surface area contributed by atoms with Gasteiger partial charge in [0.25, 0.3) is 0 Å². The van der Waals surface area contributed by atoms with Crippen LogP contribution in [0.1, 0.15) is 68.4 Å². The van der Waals surface area contributed by atoms with Gasteiger partial charge in [0.05, 0.1) is 5.69 Å². The quantitative estimate of drug-likeness (QED) is 0.767. The van der Waals surface area contributed by atoms with Crippen LogP contribution >= 0.6 is 11.3 Å². The minimum absolute atomic E-state index is 0.553. The highest BCUT2D eigenvalue weighted by molar-refractivity contribution is 7.18. The van der Waals surface area contributed by atoms with E-state index in [4.69, 9.17) is 0 Å². The van der Waals surface area contributed by atoms with Gasteiger partial charge < -0.3 is 0 Å². The zero-order valence-electron chi connectivity index (χ0n) is 11.1. The summed E-state index contributed by atoms with van der Waals surface area (Å²) in [7, 11) is 0. The molecule has 2 nitrogen and oxygen atoms in total. The molecule has 0 bridgehead atoms. The second-order valence-corrected chi connectivity index (χ2v) is 6.51. The molecule has 18 heavy (non-hydrogen) atoms. The third kappa shape index (κ3) is 2.28. The van der Waals surface area contributed by atoms with E-state index in [1.54, 1.807) is 6.33 Å². The molecule has 0 aromatic carbocycles. The Labute approximate surface area is 112 Å². The second kappa shape index (κ2) is 4.96. The smallest absolute Gasteiger partial charge is 0.127 e. The van der Waals surface area contributed by atoms with E-state index in [2.05, 4.69) is 29.9 Å². The van der Waals surface area contributed by atoms with Crippen LogP contribution in [0.5, 0.6) is 0 Å². The first-order chi connectivity index (χ1) is 8.79. The molecule has 1 aliphatic rings. The fraction of sp³-hybridized carbons (Fsp3) is 0.600. The van der Waals surface area contributed by atoms with Gasteiger partial charge in [-0.2, -0.15) is 0 Å². The zero-order chi connectivity index (χ0) is 12.5. The summed E-state index contributed by atoms with van der Waals surface area (Å²) in [5.74, 6) is 1.38. The Bertz CT molecular complexity index is 542. The average molecular weight is 260 g/mol. The highest BCUT2D eigenvalue weighted by atomic mass is 32.1. The maximum atomic E-state index is 4.55. The van der Waals surface area contributed by atoms with E-state index >= 15 is 0 Å².